The summed E-state index contributed by atoms with van der Waals surface area (Å²) in [5, 5.41) is 0. The molecule has 28 heavy (non-hydrogen) atoms. The van der Waals surface area contributed by atoms with Crippen molar-refractivity contribution in [2.75, 3.05) is 0 Å². The third-order valence-electron chi connectivity index (χ3n) is 5.27. The molecule has 0 aliphatic carbocycles. The lowest BCUT2D eigenvalue weighted by Gasteiger charge is -2.34. The van der Waals surface area contributed by atoms with Crippen molar-refractivity contribution in [2.24, 2.45) is 0 Å². The number of rotatable bonds is 5. The van der Waals surface area contributed by atoms with Crippen molar-refractivity contribution in [3.8, 4) is 0 Å². The molecule has 0 bridgehead atoms. The van der Waals surface area contributed by atoms with E-state index in [-0.39, 0.29) is 5.78 Å². The lowest BCUT2D eigenvalue weighted by atomic mass is 9.65. The topological polar surface area (TPSA) is 17.1 Å². The van der Waals surface area contributed by atoms with E-state index in [0.29, 0.717) is 5.56 Å². The van der Waals surface area contributed by atoms with Crippen molar-refractivity contribution in [3.05, 3.63) is 143 Å². The molecule has 136 valence electrons. The van der Waals surface area contributed by atoms with E-state index in [1.165, 1.54) is 0 Å². The Labute approximate surface area is 166 Å². The minimum atomic E-state index is -0.904. The first kappa shape index (κ1) is 17.9. The van der Waals surface area contributed by atoms with Gasteiger partial charge in [-0.15, -0.1) is 0 Å². The largest absolute Gasteiger partial charge is 0.292 e. The van der Waals surface area contributed by atoms with Crippen LogP contribution in [0.5, 0.6) is 0 Å². The van der Waals surface area contributed by atoms with Gasteiger partial charge in [0.15, 0.2) is 5.78 Å². The van der Waals surface area contributed by atoms with Crippen LogP contribution in [0.1, 0.15) is 32.6 Å². The lowest BCUT2D eigenvalue weighted by molar-refractivity contribution is 0.0935. The summed E-state index contributed by atoms with van der Waals surface area (Å²) in [7, 11) is 0. The Morgan fingerprint density at radius 2 is 0.893 bits per heavy atom. The molecule has 0 saturated heterocycles. The number of carbonyl (C=O) groups excluding carboxylic acids is 1. The van der Waals surface area contributed by atoms with Gasteiger partial charge in [-0.25, -0.2) is 0 Å². The molecule has 0 aliphatic rings. The Morgan fingerprint density at radius 3 is 1.25 bits per heavy atom. The number of benzene rings is 4. The van der Waals surface area contributed by atoms with Gasteiger partial charge in [0.2, 0.25) is 0 Å². The van der Waals surface area contributed by atoms with E-state index >= 15 is 0 Å². The monoisotopic (exact) mass is 362 g/mol. The highest BCUT2D eigenvalue weighted by Crippen LogP contribution is 2.42. The van der Waals surface area contributed by atoms with Gasteiger partial charge < -0.3 is 0 Å². The second-order valence-electron chi connectivity index (χ2n) is 7.04. The molecule has 0 saturated carbocycles. The molecule has 4 rings (SSSR count). The molecular formula is C27H22O. The summed E-state index contributed by atoms with van der Waals surface area (Å²) >= 11 is 0. The third-order valence-corrected chi connectivity index (χ3v) is 5.27. The van der Waals surface area contributed by atoms with Crippen LogP contribution >= 0.6 is 0 Å². The van der Waals surface area contributed by atoms with E-state index in [2.05, 4.69) is 0 Å². The molecule has 0 atom stereocenters. The zero-order valence-corrected chi connectivity index (χ0v) is 15.9. The zero-order chi connectivity index (χ0) is 19.4. The van der Waals surface area contributed by atoms with Crippen molar-refractivity contribution in [1.29, 1.82) is 0 Å². The van der Waals surface area contributed by atoms with E-state index in [4.69, 9.17) is 0 Å². The predicted molar refractivity (Wildman–Crippen MR) is 115 cm³/mol. The molecule has 0 spiro atoms. The molecule has 0 aliphatic heterocycles. The van der Waals surface area contributed by atoms with Crippen LogP contribution in [0.3, 0.4) is 0 Å². The van der Waals surface area contributed by atoms with Gasteiger partial charge in [0.05, 0.1) is 0 Å². The molecule has 0 amide bonds. The Balaban J connectivity index is 2.07. The van der Waals surface area contributed by atoms with E-state index in [9.17, 15) is 4.79 Å². The molecule has 0 unspecified atom stereocenters. The smallest absolute Gasteiger partial charge is 0.182 e. The number of hydrogen-bond donors (Lipinski definition) is 0. The summed E-state index contributed by atoms with van der Waals surface area (Å²) in [6, 6.07) is 38.1. The summed E-state index contributed by atoms with van der Waals surface area (Å²) in [6.07, 6.45) is 0. The molecular weight excluding hydrogens is 340 g/mol. The number of carbonyl (C=O) groups is 1. The number of aryl methyl sites for hydroxylation is 1. The van der Waals surface area contributed by atoms with E-state index in [1.807, 2.05) is 122 Å². The number of ketones is 1. The molecule has 0 radical (unpaired) electrons. The first-order valence-corrected chi connectivity index (χ1v) is 9.51. The standard InChI is InChI=1S/C27H22O/c1-21-17-19-22(20-18-21)26(28)27(23-11-5-2-6-12-23,24-13-7-3-8-14-24)25-15-9-4-10-16-25/h2-20H,1H3. The third kappa shape index (κ3) is 3.05. The summed E-state index contributed by atoms with van der Waals surface area (Å²) in [4.78, 5) is 14.2. The average Bonchev–Trinajstić information content (AvgIpc) is 2.77. The van der Waals surface area contributed by atoms with Crippen molar-refractivity contribution >= 4 is 5.78 Å². The lowest BCUT2D eigenvalue weighted by Crippen LogP contribution is -2.38. The Kier molecular flexibility index (Phi) is 4.90. The van der Waals surface area contributed by atoms with Gasteiger partial charge in [-0.3, -0.25) is 4.79 Å². The first-order valence-electron chi connectivity index (χ1n) is 9.51. The van der Waals surface area contributed by atoms with Crippen LogP contribution in [0.4, 0.5) is 0 Å². The van der Waals surface area contributed by atoms with Crippen molar-refractivity contribution in [2.45, 2.75) is 12.3 Å². The van der Waals surface area contributed by atoms with Crippen LogP contribution in [0.25, 0.3) is 0 Å². The second kappa shape index (κ2) is 7.66. The summed E-state index contributed by atoms with van der Waals surface area (Å²) in [5.41, 5.74) is 3.86. The average molecular weight is 362 g/mol. The van der Waals surface area contributed by atoms with Crippen LogP contribution in [-0.4, -0.2) is 5.78 Å². The van der Waals surface area contributed by atoms with E-state index in [1.54, 1.807) is 0 Å². The maximum atomic E-state index is 14.2. The quantitative estimate of drug-likeness (QED) is 0.305. The summed E-state index contributed by atoms with van der Waals surface area (Å²) in [5.74, 6) is 0.0797. The normalized spacial score (nSPS) is 11.2. The Hall–Kier alpha value is -3.45. The highest BCUT2D eigenvalue weighted by atomic mass is 16.1. The molecule has 0 heterocycles. The molecule has 0 fully saturated rings. The van der Waals surface area contributed by atoms with Crippen molar-refractivity contribution in [3.63, 3.8) is 0 Å². The minimum Gasteiger partial charge on any atom is -0.292 e. The van der Waals surface area contributed by atoms with Gasteiger partial charge in [-0.1, -0.05) is 121 Å². The van der Waals surface area contributed by atoms with Gasteiger partial charge >= 0.3 is 0 Å². The molecule has 1 heteroatoms. The van der Waals surface area contributed by atoms with Gasteiger partial charge in [-0.05, 0) is 23.6 Å². The maximum Gasteiger partial charge on any atom is 0.182 e. The highest BCUT2D eigenvalue weighted by Gasteiger charge is 2.43. The molecule has 1 nitrogen and oxygen atoms in total. The highest BCUT2D eigenvalue weighted by molar-refractivity contribution is 6.09. The van der Waals surface area contributed by atoms with Crippen LogP contribution < -0.4 is 0 Å². The van der Waals surface area contributed by atoms with Gasteiger partial charge in [0.25, 0.3) is 0 Å². The maximum absolute atomic E-state index is 14.2. The Morgan fingerprint density at radius 1 is 0.536 bits per heavy atom. The van der Waals surface area contributed by atoms with Gasteiger partial charge in [0.1, 0.15) is 5.41 Å². The van der Waals surface area contributed by atoms with Gasteiger partial charge in [-0.2, -0.15) is 0 Å². The van der Waals surface area contributed by atoms with Crippen LogP contribution in [-0.2, 0) is 5.41 Å². The van der Waals surface area contributed by atoms with E-state index in [0.717, 1.165) is 22.3 Å². The van der Waals surface area contributed by atoms with Crippen molar-refractivity contribution < 1.29 is 4.79 Å². The fraction of sp³-hybridized carbons (Fsp3) is 0.0741. The SMILES string of the molecule is Cc1ccc(C(=O)C(c2ccccc2)(c2ccccc2)c2ccccc2)cc1. The zero-order valence-electron chi connectivity index (χ0n) is 15.9. The van der Waals surface area contributed by atoms with Crippen LogP contribution in [0, 0.1) is 6.92 Å². The molecule has 0 aromatic heterocycles. The molecule has 4 aromatic rings. The second-order valence-corrected chi connectivity index (χ2v) is 7.04. The van der Waals surface area contributed by atoms with Crippen molar-refractivity contribution in [1.82, 2.24) is 0 Å². The van der Waals surface area contributed by atoms with E-state index < -0.39 is 5.41 Å². The fourth-order valence-corrected chi connectivity index (χ4v) is 3.88. The summed E-state index contributed by atoms with van der Waals surface area (Å²) in [6.45, 7) is 2.03. The molecule has 4 aromatic carbocycles. The number of Topliss-reactive ketones (excluding diaryl/α,β-unsaturated/α-hetero) is 1. The van der Waals surface area contributed by atoms with Gasteiger partial charge in [0, 0.05) is 5.56 Å². The minimum absolute atomic E-state index is 0.0797. The Bertz CT molecular complexity index is 953. The first-order chi connectivity index (χ1) is 13.7. The van der Waals surface area contributed by atoms with Crippen LogP contribution in [0.15, 0.2) is 115 Å². The number of hydrogen-bond acceptors (Lipinski definition) is 1. The summed E-state index contributed by atoms with van der Waals surface area (Å²) < 4.78 is 0. The predicted octanol–water partition coefficient (Wildman–Crippen LogP) is 6.21. The molecule has 0 N–H and O–H groups in total. The fourth-order valence-electron chi connectivity index (χ4n) is 3.88. The van der Waals surface area contributed by atoms with Crippen LogP contribution in [0.2, 0.25) is 0 Å².